The summed E-state index contributed by atoms with van der Waals surface area (Å²) in [5, 5.41) is 25.6. The maximum atomic E-state index is 14.0. The van der Waals surface area contributed by atoms with Crippen molar-refractivity contribution < 1.29 is 29.3 Å². The zero-order chi connectivity index (χ0) is 28.3. The number of carbonyl (C=O) groups excluding carboxylic acids is 1. The van der Waals surface area contributed by atoms with Gasteiger partial charge in [-0.05, 0) is 46.0 Å². The van der Waals surface area contributed by atoms with Gasteiger partial charge >= 0.3 is 5.97 Å². The number of fused-ring (bicyclic) bond motifs is 2. The fraction of sp³-hybridized carbons (Fsp3) is 0.152. The van der Waals surface area contributed by atoms with Crippen LogP contribution in [0.25, 0.3) is 22.0 Å². The maximum Gasteiger partial charge on any atom is 0.326 e. The SMILES string of the molecule is O=C(N[C@@H](Cc1c[nH]c2ccccc12)C(=O)O)C(c1ccc2c(c1)OCO2)C(O)c1ccccc1-c1ccccc1. The molecular weight excluding hydrogens is 520 g/mol. The minimum absolute atomic E-state index is 0.0563. The third kappa shape index (κ3) is 5.25. The number of H-pyrrole nitrogens is 1. The second-order valence-corrected chi connectivity index (χ2v) is 9.95. The second kappa shape index (κ2) is 11.2. The highest BCUT2D eigenvalue weighted by Gasteiger charge is 2.35. The number of nitrogens with one attached hydrogen (secondary N) is 2. The fourth-order valence-electron chi connectivity index (χ4n) is 5.38. The van der Waals surface area contributed by atoms with E-state index in [0.717, 1.165) is 27.6 Å². The molecule has 5 aromatic rings. The maximum absolute atomic E-state index is 14.0. The quantitative estimate of drug-likeness (QED) is 0.201. The lowest BCUT2D eigenvalue weighted by Gasteiger charge is -2.27. The van der Waals surface area contributed by atoms with Gasteiger partial charge in [0.15, 0.2) is 11.5 Å². The van der Waals surface area contributed by atoms with Crippen LogP contribution in [0.1, 0.15) is 28.7 Å². The number of para-hydroxylation sites is 1. The molecule has 0 saturated heterocycles. The summed E-state index contributed by atoms with van der Waals surface area (Å²) in [4.78, 5) is 29.5. The van der Waals surface area contributed by atoms with Gasteiger partial charge in [-0.3, -0.25) is 4.79 Å². The molecule has 8 heteroatoms. The number of hydrogen-bond acceptors (Lipinski definition) is 5. The summed E-state index contributed by atoms with van der Waals surface area (Å²) in [7, 11) is 0. The smallest absolute Gasteiger partial charge is 0.326 e. The normalized spacial score (nSPS) is 14.4. The zero-order valence-corrected chi connectivity index (χ0v) is 22.0. The standard InChI is InChI=1S/C33H28N2O6/c36-31(25-12-5-4-10-23(25)20-8-2-1-3-9-20)30(21-14-15-28-29(17-21)41-19-40-28)32(37)35-27(33(38)39)16-22-18-34-26-13-7-6-11-24(22)26/h1-15,17-18,27,30-31,34,36H,16,19H2,(H,35,37)(H,38,39)/t27-,30?,31?/m0/s1. The number of hydrogen-bond donors (Lipinski definition) is 4. The van der Waals surface area contributed by atoms with Gasteiger partial charge in [-0.25, -0.2) is 4.79 Å². The molecule has 1 aromatic heterocycles. The first-order chi connectivity index (χ1) is 20.0. The van der Waals surface area contributed by atoms with Crippen molar-refractivity contribution in [2.75, 3.05) is 6.79 Å². The number of ether oxygens (including phenoxy) is 2. The highest BCUT2D eigenvalue weighted by atomic mass is 16.7. The number of aromatic amines is 1. The molecule has 0 aliphatic carbocycles. The van der Waals surface area contributed by atoms with Crippen LogP contribution in [0.2, 0.25) is 0 Å². The molecule has 0 radical (unpaired) electrons. The predicted molar refractivity (Wildman–Crippen MR) is 154 cm³/mol. The molecule has 1 aliphatic rings. The van der Waals surface area contributed by atoms with E-state index in [9.17, 15) is 19.8 Å². The van der Waals surface area contributed by atoms with E-state index in [1.807, 2.05) is 66.7 Å². The van der Waals surface area contributed by atoms with Crippen molar-refractivity contribution in [1.29, 1.82) is 0 Å². The Morgan fingerprint density at radius 3 is 2.44 bits per heavy atom. The number of aliphatic hydroxyl groups is 1. The molecule has 0 saturated carbocycles. The van der Waals surface area contributed by atoms with Crippen LogP contribution in [0.5, 0.6) is 11.5 Å². The van der Waals surface area contributed by atoms with E-state index in [1.54, 1.807) is 36.5 Å². The molecule has 1 amide bonds. The Hall–Kier alpha value is -5.08. The molecule has 3 atom stereocenters. The highest BCUT2D eigenvalue weighted by Crippen LogP contribution is 2.41. The number of carboxylic acids is 1. The number of benzene rings is 4. The van der Waals surface area contributed by atoms with Crippen LogP contribution in [0.15, 0.2) is 103 Å². The number of carboxylic acid groups (broad SMARTS) is 1. The van der Waals surface area contributed by atoms with Crippen LogP contribution in [0.4, 0.5) is 0 Å². The Balaban J connectivity index is 1.36. The van der Waals surface area contributed by atoms with Gasteiger partial charge in [0.05, 0.1) is 12.0 Å². The second-order valence-electron chi connectivity index (χ2n) is 9.95. The molecule has 4 aromatic carbocycles. The van der Waals surface area contributed by atoms with Crippen molar-refractivity contribution in [3.8, 4) is 22.6 Å². The van der Waals surface area contributed by atoms with Gasteiger partial charge in [-0.15, -0.1) is 0 Å². The van der Waals surface area contributed by atoms with E-state index in [0.29, 0.717) is 22.6 Å². The van der Waals surface area contributed by atoms with Gasteiger partial charge in [0.25, 0.3) is 0 Å². The lowest BCUT2D eigenvalue weighted by atomic mass is 9.84. The minimum atomic E-state index is -1.30. The predicted octanol–water partition coefficient (Wildman–Crippen LogP) is 5.19. The average Bonchev–Trinajstić information content (AvgIpc) is 3.64. The van der Waals surface area contributed by atoms with Crippen molar-refractivity contribution in [2.24, 2.45) is 0 Å². The number of amides is 1. The molecule has 2 heterocycles. The highest BCUT2D eigenvalue weighted by molar-refractivity contribution is 5.90. The molecular formula is C33H28N2O6. The Labute approximate surface area is 236 Å². The van der Waals surface area contributed by atoms with Gasteiger partial charge < -0.3 is 30.0 Å². The van der Waals surface area contributed by atoms with Crippen molar-refractivity contribution in [3.05, 3.63) is 120 Å². The van der Waals surface area contributed by atoms with Crippen molar-refractivity contribution in [3.63, 3.8) is 0 Å². The van der Waals surface area contributed by atoms with Crippen LogP contribution < -0.4 is 14.8 Å². The fourth-order valence-corrected chi connectivity index (χ4v) is 5.38. The first-order valence-electron chi connectivity index (χ1n) is 13.3. The number of rotatable bonds is 9. The molecule has 41 heavy (non-hydrogen) atoms. The lowest BCUT2D eigenvalue weighted by molar-refractivity contribution is -0.142. The number of aromatic nitrogens is 1. The molecule has 0 fully saturated rings. The van der Waals surface area contributed by atoms with E-state index in [-0.39, 0.29) is 13.2 Å². The summed E-state index contributed by atoms with van der Waals surface area (Å²) in [5.74, 6) is -1.94. The van der Waals surface area contributed by atoms with E-state index in [1.165, 1.54) is 0 Å². The molecule has 6 rings (SSSR count). The van der Waals surface area contributed by atoms with Crippen LogP contribution >= 0.6 is 0 Å². The van der Waals surface area contributed by atoms with Gasteiger partial charge in [-0.1, -0.05) is 78.9 Å². The molecule has 8 nitrogen and oxygen atoms in total. The molecule has 0 spiro atoms. The summed E-state index contributed by atoms with van der Waals surface area (Å²) < 4.78 is 11.0. The van der Waals surface area contributed by atoms with Crippen LogP contribution in [0, 0.1) is 0 Å². The zero-order valence-electron chi connectivity index (χ0n) is 22.0. The van der Waals surface area contributed by atoms with Crippen molar-refractivity contribution >= 4 is 22.8 Å². The van der Waals surface area contributed by atoms with Crippen molar-refractivity contribution in [2.45, 2.75) is 24.5 Å². The minimum Gasteiger partial charge on any atom is -0.480 e. The third-order valence-corrected chi connectivity index (χ3v) is 7.43. The summed E-state index contributed by atoms with van der Waals surface area (Å²) in [5.41, 5.74) is 4.31. The summed E-state index contributed by atoms with van der Waals surface area (Å²) >= 11 is 0. The Morgan fingerprint density at radius 1 is 0.878 bits per heavy atom. The Kier molecular flexibility index (Phi) is 7.14. The van der Waals surface area contributed by atoms with E-state index < -0.39 is 29.9 Å². The topological polar surface area (TPSA) is 121 Å². The summed E-state index contributed by atoms with van der Waals surface area (Å²) in [6, 6.07) is 28.3. The van der Waals surface area contributed by atoms with E-state index >= 15 is 0 Å². The molecule has 1 aliphatic heterocycles. The van der Waals surface area contributed by atoms with Crippen LogP contribution in [0.3, 0.4) is 0 Å². The average molecular weight is 549 g/mol. The lowest BCUT2D eigenvalue weighted by Crippen LogP contribution is -2.45. The first-order valence-corrected chi connectivity index (χ1v) is 13.3. The monoisotopic (exact) mass is 548 g/mol. The van der Waals surface area contributed by atoms with Gasteiger partial charge in [0.2, 0.25) is 12.7 Å². The van der Waals surface area contributed by atoms with Gasteiger partial charge in [0.1, 0.15) is 6.04 Å². The molecule has 2 unspecified atom stereocenters. The largest absolute Gasteiger partial charge is 0.480 e. The van der Waals surface area contributed by atoms with Crippen molar-refractivity contribution in [1.82, 2.24) is 10.3 Å². The first kappa shape index (κ1) is 26.2. The van der Waals surface area contributed by atoms with Crippen LogP contribution in [-0.4, -0.2) is 39.9 Å². The van der Waals surface area contributed by atoms with Gasteiger partial charge in [-0.2, -0.15) is 0 Å². The molecule has 206 valence electrons. The number of carbonyl (C=O) groups is 2. The Morgan fingerprint density at radius 2 is 1.61 bits per heavy atom. The Bertz CT molecular complexity index is 1710. The molecule has 0 bridgehead atoms. The van der Waals surface area contributed by atoms with Gasteiger partial charge in [0, 0.05) is 23.5 Å². The third-order valence-electron chi connectivity index (χ3n) is 7.43. The summed E-state index contributed by atoms with van der Waals surface area (Å²) in [6.07, 6.45) is 0.525. The summed E-state index contributed by atoms with van der Waals surface area (Å²) in [6.45, 7) is 0.0563. The molecule has 4 N–H and O–H groups in total. The van der Waals surface area contributed by atoms with Crippen LogP contribution in [-0.2, 0) is 16.0 Å². The number of aliphatic carboxylic acids is 1. The van der Waals surface area contributed by atoms with E-state index in [4.69, 9.17) is 9.47 Å². The number of aliphatic hydroxyl groups excluding tert-OH is 1. The van der Waals surface area contributed by atoms with E-state index in [2.05, 4.69) is 10.3 Å².